The Balaban J connectivity index is 1.37. The summed E-state index contributed by atoms with van der Waals surface area (Å²) in [6.45, 7) is 6.12. The van der Waals surface area contributed by atoms with E-state index in [-0.39, 0.29) is 24.5 Å². The Kier molecular flexibility index (Phi) is 6.92. The molecule has 1 aromatic heterocycles. The number of rotatable bonds is 7. The normalized spacial score (nSPS) is 20.7. The van der Waals surface area contributed by atoms with Crippen LogP contribution in [0.2, 0.25) is 0 Å². The summed E-state index contributed by atoms with van der Waals surface area (Å²) in [5, 5.41) is 0. The number of aromatic nitrogens is 1. The van der Waals surface area contributed by atoms with Crippen molar-refractivity contribution < 1.29 is 18.3 Å². The fraction of sp³-hybridized carbons (Fsp3) is 0.345. The smallest absolute Gasteiger partial charge is 0.151 e. The zero-order valence-electron chi connectivity index (χ0n) is 20.6. The van der Waals surface area contributed by atoms with Gasteiger partial charge in [-0.2, -0.15) is 0 Å². The van der Waals surface area contributed by atoms with Crippen molar-refractivity contribution in [2.75, 3.05) is 32.1 Å². The topological polar surface area (TPSA) is 60.6 Å². The highest BCUT2D eigenvalue weighted by Crippen LogP contribution is 2.46. The van der Waals surface area contributed by atoms with Crippen LogP contribution in [0.4, 0.5) is 14.5 Å². The lowest BCUT2D eigenvalue weighted by Crippen LogP contribution is -2.35. The summed E-state index contributed by atoms with van der Waals surface area (Å²) in [7, 11) is 0. The van der Waals surface area contributed by atoms with Crippen LogP contribution in [0.25, 0.3) is 11.1 Å². The number of alkyl halides is 1. The van der Waals surface area contributed by atoms with Crippen molar-refractivity contribution in [3.63, 3.8) is 0 Å². The Morgan fingerprint density at radius 2 is 1.97 bits per heavy atom. The van der Waals surface area contributed by atoms with E-state index in [1.165, 1.54) is 12.3 Å². The van der Waals surface area contributed by atoms with Gasteiger partial charge in [0, 0.05) is 35.3 Å². The molecule has 3 heterocycles. The van der Waals surface area contributed by atoms with Crippen molar-refractivity contribution in [1.82, 2.24) is 9.88 Å². The Morgan fingerprint density at radius 1 is 1.17 bits per heavy atom. The van der Waals surface area contributed by atoms with Crippen LogP contribution in [0.15, 0.2) is 60.8 Å². The molecule has 0 bridgehead atoms. The minimum atomic E-state index is -0.422. The van der Waals surface area contributed by atoms with E-state index < -0.39 is 6.10 Å². The maximum absolute atomic E-state index is 13.6. The molecule has 2 N–H and O–H groups in total. The summed E-state index contributed by atoms with van der Waals surface area (Å²) in [6, 6.07) is 16.7. The van der Waals surface area contributed by atoms with Gasteiger partial charge in [-0.1, -0.05) is 12.1 Å². The van der Waals surface area contributed by atoms with E-state index in [9.17, 15) is 8.78 Å². The fourth-order valence-electron chi connectivity index (χ4n) is 5.02. The Hall–Kier alpha value is -3.45. The van der Waals surface area contributed by atoms with E-state index in [0.717, 1.165) is 53.3 Å². The number of allylic oxidation sites excluding steroid dienone is 1. The first-order valence-electron chi connectivity index (χ1n) is 12.3. The van der Waals surface area contributed by atoms with Crippen LogP contribution in [0, 0.1) is 11.7 Å². The molecule has 2 aliphatic rings. The van der Waals surface area contributed by atoms with E-state index in [1.807, 2.05) is 49.4 Å². The van der Waals surface area contributed by atoms with Crippen molar-refractivity contribution in [2.24, 2.45) is 5.92 Å². The maximum atomic E-state index is 13.6. The van der Waals surface area contributed by atoms with Gasteiger partial charge in [-0.15, -0.1) is 0 Å². The zero-order chi connectivity index (χ0) is 25.2. The Bertz CT molecular complexity index is 1240. The number of hydrogen-bond acceptors (Lipinski definition) is 5. The van der Waals surface area contributed by atoms with E-state index in [0.29, 0.717) is 18.0 Å². The number of likely N-dealkylation sites (tertiary alicyclic amines) is 1. The van der Waals surface area contributed by atoms with Gasteiger partial charge in [0.05, 0.1) is 18.6 Å². The van der Waals surface area contributed by atoms with Crippen LogP contribution in [-0.2, 0) is 0 Å². The lowest BCUT2D eigenvalue weighted by Gasteiger charge is -2.31. The molecular formula is C29H31F2N3O2. The van der Waals surface area contributed by atoms with Gasteiger partial charge in [0.15, 0.2) is 6.10 Å². The van der Waals surface area contributed by atoms with Crippen LogP contribution in [0.1, 0.15) is 43.2 Å². The molecule has 7 heteroatoms. The third kappa shape index (κ3) is 4.93. The van der Waals surface area contributed by atoms with Crippen LogP contribution in [0.5, 0.6) is 11.5 Å². The molecule has 2 aliphatic heterocycles. The lowest BCUT2D eigenvalue weighted by molar-refractivity contribution is 0.165. The second-order valence-electron chi connectivity index (χ2n) is 9.69. The van der Waals surface area contributed by atoms with Crippen molar-refractivity contribution in [3.8, 4) is 11.5 Å². The summed E-state index contributed by atoms with van der Waals surface area (Å²) in [5.41, 5.74) is 11.0. The summed E-state index contributed by atoms with van der Waals surface area (Å²) >= 11 is 0. The fourth-order valence-corrected chi connectivity index (χ4v) is 5.02. The summed E-state index contributed by atoms with van der Waals surface area (Å²) in [5.74, 6) is 1.26. The summed E-state index contributed by atoms with van der Waals surface area (Å²) < 4.78 is 39.1. The molecule has 0 spiro atoms. The molecule has 3 unspecified atom stereocenters. The average Bonchev–Trinajstić information content (AvgIpc) is 3.38. The minimum Gasteiger partial charge on any atom is -0.492 e. The van der Waals surface area contributed by atoms with Crippen molar-refractivity contribution in [1.29, 1.82) is 0 Å². The van der Waals surface area contributed by atoms with Crippen LogP contribution in [0.3, 0.4) is 0 Å². The number of ether oxygens (including phenoxy) is 2. The van der Waals surface area contributed by atoms with Crippen LogP contribution < -0.4 is 15.2 Å². The van der Waals surface area contributed by atoms with E-state index in [1.54, 1.807) is 6.07 Å². The number of benzene rings is 2. The van der Waals surface area contributed by atoms with Gasteiger partial charge in [0.1, 0.15) is 23.9 Å². The Morgan fingerprint density at radius 3 is 2.67 bits per heavy atom. The molecule has 0 amide bonds. The number of nitrogens with zero attached hydrogens (tertiary/aromatic N) is 2. The quantitative estimate of drug-likeness (QED) is 0.416. The van der Waals surface area contributed by atoms with Gasteiger partial charge >= 0.3 is 0 Å². The number of nitrogen functional groups attached to an aromatic ring is 1. The Labute approximate surface area is 210 Å². The number of anilines is 1. The third-order valence-electron chi connectivity index (χ3n) is 7.15. The maximum Gasteiger partial charge on any atom is 0.151 e. The first kappa shape index (κ1) is 24.3. The van der Waals surface area contributed by atoms with E-state index in [2.05, 4.69) is 16.8 Å². The molecular weight excluding hydrogens is 460 g/mol. The third-order valence-corrected chi connectivity index (χ3v) is 7.15. The largest absolute Gasteiger partial charge is 0.492 e. The number of fused-ring (bicyclic) bond motifs is 1. The van der Waals surface area contributed by atoms with Gasteiger partial charge in [0.25, 0.3) is 0 Å². The molecule has 188 valence electrons. The van der Waals surface area contributed by atoms with Crippen molar-refractivity contribution in [3.05, 3.63) is 83.4 Å². The minimum absolute atomic E-state index is 0.144. The predicted octanol–water partition coefficient (Wildman–Crippen LogP) is 5.93. The van der Waals surface area contributed by atoms with Gasteiger partial charge in [0.2, 0.25) is 0 Å². The second kappa shape index (κ2) is 10.3. The molecule has 1 fully saturated rings. The lowest BCUT2D eigenvalue weighted by atomic mass is 9.88. The second-order valence-corrected chi connectivity index (χ2v) is 9.69. The standard InChI is InChI=1S/C29H31F2N3O2/c1-18(34-12-11-20(14-30)16-34)17-35-24-7-3-21(4-8-24)29-28(26-9-5-22(31)15-33-26)19(2)25-13-23(32)6-10-27(25)36-29/h3-10,13,15,18,20,29H,11-12,14,16-17,32H2,1-2H3. The van der Waals surface area contributed by atoms with Crippen molar-refractivity contribution >= 4 is 16.8 Å². The molecule has 3 aromatic rings. The van der Waals surface area contributed by atoms with Crippen LogP contribution in [-0.4, -0.2) is 42.3 Å². The van der Waals surface area contributed by atoms with Crippen LogP contribution >= 0.6 is 0 Å². The number of halogens is 2. The monoisotopic (exact) mass is 491 g/mol. The SMILES string of the molecule is CC1=C(c2ccc(F)cn2)C(c2ccc(OCC(C)N3CCC(CF)C3)cc2)Oc2ccc(N)cc21. The molecule has 5 rings (SSSR count). The molecule has 2 aromatic carbocycles. The molecule has 0 saturated carbocycles. The highest BCUT2D eigenvalue weighted by Gasteiger charge is 2.30. The first-order valence-corrected chi connectivity index (χ1v) is 12.3. The molecule has 0 radical (unpaired) electrons. The van der Waals surface area contributed by atoms with E-state index in [4.69, 9.17) is 15.2 Å². The van der Waals surface area contributed by atoms with Gasteiger partial charge in [-0.05, 0) is 80.4 Å². The first-order chi connectivity index (χ1) is 17.4. The average molecular weight is 492 g/mol. The zero-order valence-corrected chi connectivity index (χ0v) is 20.6. The van der Waals surface area contributed by atoms with E-state index >= 15 is 0 Å². The molecule has 36 heavy (non-hydrogen) atoms. The number of hydrogen-bond donors (Lipinski definition) is 1. The highest BCUT2D eigenvalue weighted by molar-refractivity contribution is 5.95. The predicted molar refractivity (Wildman–Crippen MR) is 138 cm³/mol. The van der Waals surface area contributed by atoms with Gasteiger partial charge in [-0.3, -0.25) is 14.3 Å². The number of nitrogens with two attached hydrogens (primary N) is 1. The number of pyridine rings is 1. The molecule has 5 nitrogen and oxygen atoms in total. The highest BCUT2D eigenvalue weighted by atomic mass is 19.1. The summed E-state index contributed by atoms with van der Waals surface area (Å²) in [4.78, 5) is 6.63. The van der Waals surface area contributed by atoms with Crippen molar-refractivity contribution in [2.45, 2.75) is 32.4 Å². The van der Waals surface area contributed by atoms with Gasteiger partial charge < -0.3 is 15.2 Å². The summed E-state index contributed by atoms with van der Waals surface area (Å²) in [6.07, 6.45) is 1.70. The molecule has 1 saturated heterocycles. The molecule has 3 atom stereocenters. The van der Waals surface area contributed by atoms with Gasteiger partial charge in [-0.25, -0.2) is 4.39 Å². The molecule has 0 aliphatic carbocycles.